The predicted octanol–water partition coefficient (Wildman–Crippen LogP) is 1.74. The summed E-state index contributed by atoms with van der Waals surface area (Å²) in [5, 5.41) is 14.5. The molecule has 0 spiro atoms. The van der Waals surface area contributed by atoms with Crippen molar-refractivity contribution in [2.24, 2.45) is 7.05 Å². The second kappa shape index (κ2) is 6.64. The van der Waals surface area contributed by atoms with E-state index in [1.54, 1.807) is 4.68 Å². The number of amides is 1. The van der Waals surface area contributed by atoms with Crippen molar-refractivity contribution in [3.05, 3.63) is 11.9 Å². The second-order valence-corrected chi connectivity index (χ2v) is 7.08. The van der Waals surface area contributed by atoms with E-state index in [1.165, 1.54) is 12.8 Å². The number of aryl methyl sites for hydroxylation is 1. The maximum Gasteiger partial charge on any atom is 0.407 e. The number of nitrogens with one attached hydrogen (secondary N) is 2. The van der Waals surface area contributed by atoms with Gasteiger partial charge in [-0.1, -0.05) is 18.1 Å². The first kappa shape index (κ1) is 16.7. The van der Waals surface area contributed by atoms with E-state index in [0.29, 0.717) is 13.1 Å². The highest BCUT2D eigenvalue weighted by atomic mass is 16.6. The summed E-state index contributed by atoms with van der Waals surface area (Å²) in [4.78, 5) is 11.8. The molecule has 0 aliphatic heterocycles. The number of carbonyl (C=O) groups excluding carboxylic acids is 1. The minimum Gasteiger partial charge on any atom is -0.444 e. The SMILES string of the molecule is Cn1cc(CNC2(CNC(=O)OC(C)(C)C)CCCC2)nn1. The lowest BCUT2D eigenvalue weighted by molar-refractivity contribution is 0.0509. The molecular formula is C15H27N5O2. The number of hydrogen-bond acceptors (Lipinski definition) is 5. The molecule has 0 bridgehead atoms. The Balaban J connectivity index is 1.87. The quantitative estimate of drug-likeness (QED) is 0.866. The van der Waals surface area contributed by atoms with Crippen molar-refractivity contribution in [3.8, 4) is 0 Å². The number of alkyl carbamates (subject to hydrolysis) is 1. The third-order valence-electron chi connectivity index (χ3n) is 3.83. The first-order valence-electron chi connectivity index (χ1n) is 7.85. The Bertz CT molecular complexity index is 500. The topological polar surface area (TPSA) is 81.1 Å². The molecule has 2 rings (SSSR count). The molecule has 0 atom stereocenters. The van der Waals surface area contributed by atoms with Crippen molar-refractivity contribution in [1.82, 2.24) is 25.6 Å². The summed E-state index contributed by atoms with van der Waals surface area (Å²) in [7, 11) is 1.85. The summed E-state index contributed by atoms with van der Waals surface area (Å²) in [5.41, 5.74) is 0.361. The van der Waals surface area contributed by atoms with Gasteiger partial charge in [-0.3, -0.25) is 4.68 Å². The lowest BCUT2D eigenvalue weighted by atomic mass is 9.97. The zero-order valence-corrected chi connectivity index (χ0v) is 14.0. The van der Waals surface area contributed by atoms with Crippen LogP contribution in [0.1, 0.15) is 52.1 Å². The van der Waals surface area contributed by atoms with E-state index in [-0.39, 0.29) is 11.6 Å². The van der Waals surface area contributed by atoms with Crippen molar-refractivity contribution < 1.29 is 9.53 Å². The second-order valence-electron chi connectivity index (χ2n) is 7.08. The molecule has 0 aromatic carbocycles. The Morgan fingerprint density at radius 2 is 2.09 bits per heavy atom. The van der Waals surface area contributed by atoms with Crippen LogP contribution in [0.2, 0.25) is 0 Å². The minimum absolute atomic E-state index is 0.0750. The number of carbonyl (C=O) groups is 1. The fourth-order valence-corrected chi connectivity index (χ4v) is 2.78. The van der Waals surface area contributed by atoms with Gasteiger partial charge in [0.15, 0.2) is 0 Å². The van der Waals surface area contributed by atoms with Gasteiger partial charge in [-0.05, 0) is 33.6 Å². The highest BCUT2D eigenvalue weighted by molar-refractivity contribution is 5.67. The van der Waals surface area contributed by atoms with Gasteiger partial charge in [0, 0.05) is 31.9 Å². The molecule has 1 aliphatic carbocycles. The van der Waals surface area contributed by atoms with E-state index in [0.717, 1.165) is 18.5 Å². The Morgan fingerprint density at radius 1 is 1.41 bits per heavy atom. The molecule has 7 nitrogen and oxygen atoms in total. The summed E-state index contributed by atoms with van der Waals surface area (Å²) in [5.74, 6) is 0. The first-order chi connectivity index (χ1) is 10.3. The Hall–Kier alpha value is -1.63. The average molecular weight is 309 g/mol. The van der Waals surface area contributed by atoms with Crippen molar-refractivity contribution >= 4 is 6.09 Å². The van der Waals surface area contributed by atoms with Gasteiger partial charge in [-0.15, -0.1) is 5.10 Å². The van der Waals surface area contributed by atoms with Crippen LogP contribution in [0, 0.1) is 0 Å². The van der Waals surface area contributed by atoms with Crippen molar-refractivity contribution in [1.29, 1.82) is 0 Å². The van der Waals surface area contributed by atoms with Crippen LogP contribution in [-0.4, -0.2) is 38.8 Å². The van der Waals surface area contributed by atoms with Gasteiger partial charge in [-0.2, -0.15) is 0 Å². The van der Waals surface area contributed by atoms with Crippen LogP contribution in [0.15, 0.2) is 6.20 Å². The van der Waals surface area contributed by atoms with Gasteiger partial charge >= 0.3 is 6.09 Å². The van der Waals surface area contributed by atoms with Crippen molar-refractivity contribution in [3.63, 3.8) is 0 Å². The molecule has 124 valence electrons. The molecular weight excluding hydrogens is 282 g/mol. The van der Waals surface area contributed by atoms with Gasteiger partial charge in [0.1, 0.15) is 5.60 Å². The maximum absolute atomic E-state index is 11.8. The molecule has 0 radical (unpaired) electrons. The third kappa shape index (κ3) is 4.98. The fourth-order valence-electron chi connectivity index (χ4n) is 2.78. The first-order valence-corrected chi connectivity index (χ1v) is 7.85. The van der Waals surface area contributed by atoms with Gasteiger partial charge in [-0.25, -0.2) is 4.79 Å². The molecule has 1 aliphatic rings. The maximum atomic E-state index is 11.8. The summed E-state index contributed by atoms with van der Waals surface area (Å²) in [6.07, 6.45) is 5.97. The summed E-state index contributed by atoms with van der Waals surface area (Å²) in [6.45, 7) is 6.82. The highest BCUT2D eigenvalue weighted by Gasteiger charge is 2.34. The summed E-state index contributed by atoms with van der Waals surface area (Å²) in [6, 6.07) is 0. The number of hydrogen-bond donors (Lipinski definition) is 2. The highest BCUT2D eigenvalue weighted by Crippen LogP contribution is 2.29. The smallest absolute Gasteiger partial charge is 0.407 e. The molecule has 7 heteroatoms. The van der Waals surface area contributed by atoms with Crippen LogP contribution in [0.4, 0.5) is 4.79 Å². The van der Waals surface area contributed by atoms with Crippen LogP contribution in [0.3, 0.4) is 0 Å². The van der Waals surface area contributed by atoms with Crippen LogP contribution < -0.4 is 10.6 Å². The normalized spacial score (nSPS) is 17.5. The van der Waals surface area contributed by atoms with E-state index in [9.17, 15) is 4.79 Å². The molecule has 0 saturated heterocycles. The molecule has 2 N–H and O–H groups in total. The molecule has 1 amide bonds. The zero-order chi connectivity index (χ0) is 16.2. The molecule has 1 aromatic heterocycles. The number of ether oxygens (including phenoxy) is 1. The molecule has 1 saturated carbocycles. The molecule has 1 aromatic rings. The minimum atomic E-state index is -0.472. The van der Waals surface area contributed by atoms with E-state index in [2.05, 4.69) is 20.9 Å². The number of rotatable bonds is 5. The van der Waals surface area contributed by atoms with E-state index in [4.69, 9.17) is 4.74 Å². The largest absolute Gasteiger partial charge is 0.444 e. The lowest BCUT2D eigenvalue weighted by Gasteiger charge is -2.31. The molecule has 22 heavy (non-hydrogen) atoms. The Morgan fingerprint density at radius 3 is 2.64 bits per heavy atom. The van der Waals surface area contributed by atoms with Crippen molar-refractivity contribution in [2.75, 3.05) is 6.54 Å². The number of aromatic nitrogens is 3. The Kier molecular flexibility index (Phi) is 5.05. The van der Waals surface area contributed by atoms with E-state index < -0.39 is 5.60 Å². The molecule has 1 heterocycles. The number of nitrogens with zero attached hydrogens (tertiary/aromatic N) is 3. The van der Waals surface area contributed by atoms with Crippen LogP contribution in [0.25, 0.3) is 0 Å². The predicted molar refractivity (Wildman–Crippen MR) is 83.3 cm³/mol. The Labute approximate surface area is 131 Å². The van der Waals surface area contributed by atoms with E-state index in [1.807, 2.05) is 34.0 Å². The van der Waals surface area contributed by atoms with Crippen LogP contribution in [-0.2, 0) is 18.3 Å². The van der Waals surface area contributed by atoms with E-state index >= 15 is 0 Å². The zero-order valence-electron chi connectivity index (χ0n) is 14.0. The van der Waals surface area contributed by atoms with Gasteiger partial charge in [0.05, 0.1) is 5.69 Å². The van der Waals surface area contributed by atoms with Crippen LogP contribution in [0.5, 0.6) is 0 Å². The van der Waals surface area contributed by atoms with Gasteiger partial charge in [0.2, 0.25) is 0 Å². The van der Waals surface area contributed by atoms with Crippen LogP contribution >= 0.6 is 0 Å². The standard InChI is InChI=1S/C15H27N5O2/c1-14(2,3)22-13(21)16-11-15(7-5-6-8-15)17-9-12-10-20(4)19-18-12/h10,17H,5-9,11H2,1-4H3,(H,16,21). The summed E-state index contributed by atoms with van der Waals surface area (Å²) >= 11 is 0. The average Bonchev–Trinajstić information content (AvgIpc) is 3.02. The molecule has 1 fully saturated rings. The molecule has 0 unspecified atom stereocenters. The monoisotopic (exact) mass is 309 g/mol. The fraction of sp³-hybridized carbons (Fsp3) is 0.800. The summed E-state index contributed by atoms with van der Waals surface area (Å²) < 4.78 is 7.00. The van der Waals surface area contributed by atoms with Gasteiger partial charge in [0.25, 0.3) is 0 Å². The van der Waals surface area contributed by atoms with Crippen molar-refractivity contribution in [2.45, 2.75) is 64.1 Å². The lowest BCUT2D eigenvalue weighted by Crippen LogP contribution is -2.52. The third-order valence-corrected chi connectivity index (χ3v) is 3.83. The van der Waals surface area contributed by atoms with Gasteiger partial charge < -0.3 is 15.4 Å².